The van der Waals surface area contributed by atoms with E-state index in [4.69, 9.17) is 11.6 Å². The quantitative estimate of drug-likeness (QED) is 0.769. The Bertz CT molecular complexity index is 580. The van der Waals surface area contributed by atoms with E-state index in [1.807, 2.05) is 26.0 Å². The summed E-state index contributed by atoms with van der Waals surface area (Å²) >= 11 is 5.87. The van der Waals surface area contributed by atoms with Crippen LogP contribution in [0.25, 0.3) is 0 Å². The minimum Gasteiger partial charge on any atom is -0.207 e. The first-order valence-corrected chi connectivity index (χ1v) is 9.59. The van der Waals surface area contributed by atoms with Gasteiger partial charge in [-0.3, -0.25) is 0 Å². The minimum atomic E-state index is -3.47. The summed E-state index contributed by atoms with van der Waals surface area (Å²) in [5.41, 5.74) is 1.77. The van der Waals surface area contributed by atoms with Gasteiger partial charge < -0.3 is 0 Å². The van der Waals surface area contributed by atoms with Gasteiger partial charge in [0.2, 0.25) is 10.0 Å². The van der Waals surface area contributed by atoms with Crippen LogP contribution in [0.1, 0.15) is 43.2 Å². The molecule has 2 rings (SSSR count). The van der Waals surface area contributed by atoms with Gasteiger partial charge in [0.25, 0.3) is 0 Å². The number of benzene rings is 1. The van der Waals surface area contributed by atoms with E-state index in [0.29, 0.717) is 17.3 Å². The van der Waals surface area contributed by atoms with Crippen molar-refractivity contribution in [2.45, 2.75) is 56.9 Å². The minimum absolute atomic E-state index is 0.0995. The van der Waals surface area contributed by atoms with Gasteiger partial charge in [0.1, 0.15) is 0 Å². The maximum absolute atomic E-state index is 13.1. The highest BCUT2D eigenvalue weighted by atomic mass is 35.5. The van der Waals surface area contributed by atoms with Crippen molar-refractivity contribution in [3.8, 4) is 0 Å². The summed E-state index contributed by atoms with van der Waals surface area (Å²) in [5.74, 6) is 0.334. The molecule has 0 N–H and O–H groups in total. The second kappa shape index (κ2) is 7.12. The maximum Gasteiger partial charge on any atom is 0.243 e. The number of hydrogen-bond donors (Lipinski definition) is 0. The molecule has 0 amide bonds. The van der Waals surface area contributed by atoms with E-state index < -0.39 is 10.0 Å². The molecular formula is C16H24ClNO2S. The average molecular weight is 330 g/mol. The van der Waals surface area contributed by atoms with Gasteiger partial charge >= 0.3 is 0 Å². The first-order chi connectivity index (χ1) is 9.96. The Morgan fingerprint density at radius 1 is 1.19 bits per heavy atom. The maximum atomic E-state index is 13.1. The second-order valence-electron chi connectivity index (χ2n) is 5.87. The third-order valence-corrected chi connectivity index (χ3v) is 6.48. The number of sulfonamides is 1. The predicted molar refractivity (Wildman–Crippen MR) is 87.4 cm³/mol. The summed E-state index contributed by atoms with van der Waals surface area (Å²) in [6, 6.07) is 5.69. The molecule has 5 heteroatoms. The number of nitrogens with zero attached hydrogens (tertiary/aromatic N) is 1. The van der Waals surface area contributed by atoms with E-state index in [-0.39, 0.29) is 6.04 Å². The molecule has 0 heterocycles. The zero-order valence-corrected chi connectivity index (χ0v) is 14.4. The monoisotopic (exact) mass is 329 g/mol. The lowest BCUT2D eigenvalue weighted by atomic mass is 9.95. The summed E-state index contributed by atoms with van der Waals surface area (Å²) < 4.78 is 27.8. The van der Waals surface area contributed by atoms with Crippen LogP contribution < -0.4 is 0 Å². The Balaban J connectivity index is 2.39. The smallest absolute Gasteiger partial charge is 0.207 e. The van der Waals surface area contributed by atoms with Crippen molar-refractivity contribution in [1.82, 2.24) is 4.31 Å². The van der Waals surface area contributed by atoms with Crippen LogP contribution in [0.4, 0.5) is 0 Å². The van der Waals surface area contributed by atoms with Crippen LogP contribution in [0.5, 0.6) is 0 Å². The van der Waals surface area contributed by atoms with E-state index >= 15 is 0 Å². The zero-order valence-electron chi connectivity index (χ0n) is 12.8. The van der Waals surface area contributed by atoms with Crippen LogP contribution in [0.2, 0.25) is 0 Å². The van der Waals surface area contributed by atoms with Crippen LogP contribution in [0, 0.1) is 13.8 Å². The summed E-state index contributed by atoms with van der Waals surface area (Å²) in [5, 5.41) is 0. The van der Waals surface area contributed by atoms with Crippen molar-refractivity contribution in [3.05, 3.63) is 29.3 Å². The molecule has 1 aliphatic rings. The van der Waals surface area contributed by atoms with Crippen LogP contribution >= 0.6 is 11.6 Å². The molecule has 1 fully saturated rings. The van der Waals surface area contributed by atoms with Gasteiger partial charge in [0.05, 0.1) is 4.90 Å². The number of aryl methyl sites for hydroxylation is 2. The normalized spacial score (nSPS) is 17.3. The number of alkyl halides is 1. The van der Waals surface area contributed by atoms with Crippen molar-refractivity contribution >= 4 is 21.6 Å². The Kier molecular flexibility index (Phi) is 5.69. The lowest BCUT2D eigenvalue weighted by Gasteiger charge is -2.33. The van der Waals surface area contributed by atoms with E-state index in [0.717, 1.165) is 36.8 Å². The van der Waals surface area contributed by atoms with E-state index in [1.165, 1.54) is 6.42 Å². The summed E-state index contributed by atoms with van der Waals surface area (Å²) in [6.45, 7) is 4.17. The number of hydrogen-bond acceptors (Lipinski definition) is 2. The van der Waals surface area contributed by atoms with Crippen molar-refractivity contribution in [2.24, 2.45) is 0 Å². The zero-order chi connectivity index (χ0) is 15.5. The third-order valence-electron chi connectivity index (χ3n) is 4.22. The van der Waals surface area contributed by atoms with Gasteiger partial charge in [-0.25, -0.2) is 8.42 Å². The molecule has 0 atom stereocenters. The van der Waals surface area contributed by atoms with Crippen molar-refractivity contribution in [2.75, 3.05) is 12.4 Å². The van der Waals surface area contributed by atoms with E-state index in [1.54, 1.807) is 10.4 Å². The first-order valence-electron chi connectivity index (χ1n) is 7.62. The Labute approximate surface area is 133 Å². The molecule has 0 spiro atoms. The molecule has 118 valence electrons. The van der Waals surface area contributed by atoms with Gasteiger partial charge in [0.15, 0.2) is 0 Å². The fourth-order valence-electron chi connectivity index (χ4n) is 3.06. The van der Waals surface area contributed by atoms with Gasteiger partial charge in [-0.15, -0.1) is 11.6 Å². The molecule has 0 unspecified atom stereocenters. The molecule has 0 bridgehead atoms. The molecule has 0 aromatic heterocycles. The highest BCUT2D eigenvalue weighted by Crippen LogP contribution is 2.29. The van der Waals surface area contributed by atoms with Crippen molar-refractivity contribution < 1.29 is 8.42 Å². The van der Waals surface area contributed by atoms with Gasteiger partial charge in [0, 0.05) is 18.5 Å². The van der Waals surface area contributed by atoms with Crippen molar-refractivity contribution in [1.29, 1.82) is 0 Å². The van der Waals surface area contributed by atoms with Gasteiger partial charge in [-0.1, -0.05) is 31.4 Å². The summed E-state index contributed by atoms with van der Waals surface area (Å²) in [7, 11) is -3.47. The highest BCUT2D eigenvalue weighted by Gasteiger charge is 2.32. The van der Waals surface area contributed by atoms with E-state index in [2.05, 4.69) is 0 Å². The Hall–Kier alpha value is -0.580. The van der Waals surface area contributed by atoms with Crippen LogP contribution in [0.3, 0.4) is 0 Å². The molecule has 0 saturated heterocycles. The number of halogens is 1. The Morgan fingerprint density at radius 2 is 1.86 bits per heavy atom. The molecule has 0 aliphatic heterocycles. The van der Waals surface area contributed by atoms with Crippen LogP contribution in [-0.2, 0) is 10.0 Å². The highest BCUT2D eigenvalue weighted by molar-refractivity contribution is 7.89. The SMILES string of the molecule is Cc1ccc(C)c(S(=O)(=O)N(CCCl)C2CCCCC2)c1. The van der Waals surface area contributed by atoms with Crippen LogP contribution in [0.15, 0.2) is 23.1 Å². The molecular weight excluding hydrogens is 306 g/mol. The standard InChI is InChI=1S/C16H24ClNO2S/c1-13-8-9-14(2)16(12-13)21(19,20)18(11-10-17)15-6-4-3-5-7-15/h8-9,12,15H,3-7,10-11H2,1-2H3. The molecule has 1 aliphatic carbocycles. The second-order valence-corrected chi connectivity index (χ2v) is 8.10. The molecule has 1 aromatic rings. The predicted octanol–water partition coefficient (Wildman–Crippen LogP) is 3.87. The molecule has 0 radical (unpaired) electrons. The van der Waals surface area contributed by atoms with Crippen molar-refractivity contribution in [3.63, 3.8) is 0 Å². The molecule has 21 heavy (non-hydrogen) atoms. The average Bonchev–Trinajstić information content (AvgIpc) is 2.48. The van der Waals surface area contributed by atoms with Crippen LogP contribution in [-0.4, -0.2) is 31.2 Å². The third kappa shape index (κ3) is 3.79. The lowest BCUT2D eigenvalue weighted by molar-refractivity contribution is 0.262. The van der Waals surface area contributed by atoms with Gasteiger partial charge in [-0.05, 0) is 43.9 Å². The first kappa shape index (κ1) is 16.8. The molecule has 1 aromatic carbocycles. The van der Waals surface area contributed by atoms with E-state index in [9.17, 15) is 8.42 Å². The molecule has 3 nitrogen and oxygen atoms in total. The largest absolute Gasteiger partial charge is 0.243 e. The lowest BCUT2D eigenvalue weighted by Crippen LogP contribution is -2.42. The molecule has 1 saturated carbocycles. The Morgan fingerprint density at radius 3 is 2.48 bits per heavy atom. The number of rotatable bonds is 5. The fourth-order valence-corrected chi connectivity index (χ4v) is 5.34. The summed E-state index contributed by atoms with van der Waals surface area (Å²) in [4.78, 5) is 0.429. The van der Waals surface area contributed by atoms with Gasteiger partial charge in [-0.2, -0.15) is 4.31 Å². The summed E-state index contributed by atoms with van der Waals surface area (Å²) in [6.07, 6.45) is 5.30. The topological polar surface area (TPSA) is 37.4 Å². The fraction of sp³-hybridized carbons (Fsp3) is 0.625.